The third kappa shape index (κ3) is 3.92. The highest BCUT2D eigenvalue weighted by Crippen LogP contribution is 2.26. The summed E-state index contributed by atoms with van der Waals surface area (Å²) < 4.78 is 5.63. The molecule has 2 heterocycles. The van der Waals surface area contributed by atoms with Crippen LogP contribution in [0.5, 0.6) is 5.75 Å². The fourth-order valence-electron chi connectivity index (χ4n) is 2.67. The Morgan fingerprint density at radius 3 is 3.04 bits per heavy atom. The van der Waals surface area contributed by atoms with Gasteiger partial charge in [-0.1, -0.05) is 18.2 Å². The Kier molecular flexibility index (Phi) is 4.79. The number of fused-ring (bicyclic) bond motifs is 1. The van der Waals surface area contributed by atoms with Gasteiger partial charge in [-0.2, -0.15) is 0 Å². The molecule has 126 valence electrons. The number of anilines is 1. The minimum absolute atomic E-state index is 0.0306. The number of aromatic amines is 1. The van der Waals surface area contributed by atoms with Crippen molar-refractivity contribution in [3.8, 4) is 5.75 Å². The van der Waals surface area contributed by atoms with Gasteiger partial charge in [0.1, 0.15) is 12.4 Å². The highest BCUT2D eigenvalue weighted by atomic mass is 16.5. The molecule has 7 nitrogen and oxygen atoms in total. The number of carbonyl (C=O) groups excluding carboxylic acids is 1. The molecule has 0 bridgehead atoms. The molecule has 0 spiro atoms. The Labute approximate surface area is 139 Å². The molecule has 24 heavy (non-hydrogen) atoms. The summed E-state index contributed by atoms with van der Waals surface area (Å²) in [6, 6.07) is 9.20. The molecular formula is C17H20N4O3. The number of aryl methyl sites for hydroxylation is 1. The smallest absolute Gasteiger partial charge is 0.252 e. The fourth-order valence-corrected chi connectivity index (χ4v) is 2.67. The SMILES string of the molecule is Cc1cc(=O)[nH]c(NCCNC(=O)C2COc3ccccc3C2)n1. The third-order valence-electron chi connectivity index (χ3n) is 3.84. The number of amides is 1. The molecule has 1 amide bonds. The standard InChI is InChI=1S/C17H20N4O3/c1-11-8-15(22)21-17(20-11)19-7-6-18-16(23)13-9-12-4-2-3-5-14(12)24-10-13/h2-5,8,13H,6-7,9-10H2,1H3,(H,18,23)(H2,19,20,21,22). The number of H-pyrrole nitrogens is 1. The van der Waals surface area contributed by atoms with Crippen molar-refractivity contribution in [2.24, 2.45) is 5.92 Å². The van der Waals surface area contributed by atoms with E-state index in [2.05, 4.69) is 20.6 Å². The number of hydrogen-bond donors (Lipinski definition) is 3. The van der Waals surface area contributed by atoms with Crippen LogP contribution in [0.4, 0.5) is 5.95 Å². The zero-order valence-electron chi connectivity index (χ0n) is 13.5. The van der Waals surface area contributed by atoms with Crippen LogP contribution in [0, 0.1) is 12.8 Å². The second-order valence-electron chi connectivity index (χ2n) is 5.77. The van der Waals surface area contributed by atoms with Gasteiger partial charge < -0.3 is 15.4 Å². The first-order chi connectivity index (χ1) is 11.6. The van der Waals surface area contributed by atoms with Crippen LogP contribution in [0.25, 0.3) is 0 Å². The molecule has 0 radical (unpaired) electrons. The maximum atomic E-state index is 12.2. The first kappa shape index (κ1) is 16.0. The van der Waals surface area contributed by atoms with Crippen molar-refractivity contribution >= 4 is 11.9 Å². The van der Waals surface area contributed by atoms with Crippen LogP contribution < -0.4 is 20.9 Å². The lowest BCUT2D eigenvalue weighted by Crippen LogP contribution is -2.39. The number of carbonyl (C=O) groups is 1. The Bertz CT molecular complexity index is 787. The summed E-state index contributed by atoms with van der Waals surface area (Å²) in [5.74, 6) is 1.05. The third-order valence-corrected chi connectivity index (χ3v) is 3.84. The Hall–Kier alpha value is -2.83. The van der Waals surface area contributed by atoms with Gasteiger partial charge in [0.05, 0.1) is 5.92 Å². The van der Waals surface area contributed by atoms with Crippen molar-refractivity contribution in [3.05, 3.63) is 51.9 Å². The largest absolute Gasteiger partial charge is 0.492 e. The van der Waals surface area contributed by atoms with Crippen LogP contribution in [-0.2, 0) is 11.2 Å². The summed E-state index contributed by atoms with van der Waals surface area (Å²) in [6.07, 6.45) is 0.683. The Morgan fingerprint density at radius 1 is 1.38 bits per heavy atom. The van der Waals surface area contributed by atoms with E-state index in [0.717, 1.165) is 11.3 Å². The monoisotopic (exact) mass is 328 g/mol. The molecule has 2 aromatic rings. The first-order valence-electron chi connectivity index (χ1n) is 7.92. The van der Waals surface area contributed by atoms with Crippen molar-refractivity contribution in [2.75, 3.05) is 25.0 Å². The normalized spacial score (nSPS) is 16.0. The predicted octanol–water partition coefficient (Wildman–Crippen LogP) is 0.858. The minimum atomic E-state index is -0.202. The molecule has 0 fully saturated rings. The molecule has 7 heteroatoms. The molecule has 0 saturated heterocycles. The molecule has 3 rings (SSSR count). The topological polar surface area (TPSA) is 96.1 Å². The zero-order valence-corrected chi connectivity index (χ0v) is 13.5. The van der Waals surface area contributed by atoms with E-state index >= 15 is 0 Å². The van der Waals surface area contributed by atoms with Crippen molar-refractivity contribution in [2.45, 2.75) is 13.3 Å². The van der Waals surface area contributed by atoms with Crippen LogP contribution in [0.2, 0.25) is 0 Å². The lowest BCUT2D eigenvalue weighted by atomic mass is 9.96. The van der Waals surface area contributed by atoms with Crippen LogP contribution in [0.3, 0.4) is 0 Å². The number of benzene rings is 1. The summed E-state index contributed by atoms with van der Waals surface area (Å²) in [5, 5.41) is 5.87. The average Bonchev–Trinajstić information content (AvgIpc) is 2.57. The Balaban J connectivity index is 1.45. The summed E-state index contributed by atoms with van der Waals surface area (Å²) in [4.78, 5) is 30.3. The van der Waals surface area contributed by atoms with Gasteiger partial charge >= 0.3 is 0 Å². The van der Waals surface area contributed by atoms with E-state index in [1.807, 2.05) is 24.3 Å². The molecule has 1 aliphatic heterocycles. The quantitative estimate of drug-likeness (QED) is 0.708. The number of nitrogens with one attached hydrogen (secondary N) is 3. The molecule has 1 aromatic carbocycles. The van der Waals surface area contributed by atoms with E-state index in [1.165, 1.54) is 6.07 Å². The maximum absolute atomic E-state index is 12.2. The van der Waals surface area contributed by atoms with E-state index in [9.17, 15) is 9.59 Å². The van der Waals surface area contributed by atoms with E-state index in [-0.39, 0.29) is 17.4 Å². The van der Waals surface area contributed by atoms with Gasteiger partial charge in [0.25, 0.3) is 5.56 Å². The van der Waals surface area contributed by atoms with E-state index in [0.29, 0.717) is 37.8 Å². The average molecular weight is 328 g/mol. The Morgan fingerprint density at radius 2 is 2.21 bits per heavy atom. The van der Waals surface area contributed by atoms with Crippen molar-refractivity contribution < 1.29 is 9.53 Å². The fraction of sp³-hybridized carbons (Fsp3) is 0.353. The highest BCUT2D eigenvalue weighted by molar-refractivity contribution is 5.79. The van der Waals surface area contributed by atoms with Crippen molar-refractivity contribution in [1.82, 2.24) is 15.3 Å². The van der Waals surface area contributed by atoms with E-state index in [1.54, 1.807) is 6.92 Å². The highest BCUT2D eigenvalue weighted by Gasteiger charge is 2.25. The molecule has 1 atom stereocenters. The number of nitrogens with zero attached hydrogens (tertiary/aromatic N) is 1. The van der Waals surface area contributed by atoms with Gasteiger partial charge in [-0.05, 0) is 25.0 Å². The number of ether oxygens (including phenoxy) is 1. The van der Waals surface area contributed by atoms with Crippen LogP contribution in [0.15, 0.2) is 35.1 Å². The summed E-state index contributed by atoms with van der Waals surface area (Å²) in [7, 11) is 0. The summed E-state index contributed by atoms with van der Waals surface area (Å²) in [5.41, 5.74) is 1.50. The molecule has 1 aromatic heterocycles. The van der Waals surface area contributed by atoms with Gasteiger partial charge in [-0.3, -0.25) is 14.6 Å². The van der Waals surface area contributed by atoms with Gasteiger partial charge in [0.15, 0.2) is 0 Å². The number of para-hydroxylation sites is 1. The van der Waals surface area contributed by atoms with Crippen molar-refractivity contribution in [1.29, 1.82) is 0 Å². The molecule has 1 unspecified atom stereocenters. The van der Waals surface area contributed by atoms with Gasteiger partial charge in [0.2, 0.25) is 11.9 Å². The lowest BCUT2D eigenvalue weighted by Gasteiger charge is -2.24. The molecule has 1 aliphatic rings. The predicted molar refractivity (Wildman–Crippen MR) is 90.2 cm³/mol. The van der Waals surface area contributed by atoms with Crippen LogP contribution in [0.1, 0.15) is 11.3 Å². The zero-order chi connectivity index (χ0) is 16.9. The summed E-state index contributed by atoms with van der Waals surface area (Å²) >= 11 is 0. The molecule has 0 saturated carbocycles. The summed E-state index contributed by atoms with van der Waals surface area (Å²) in [6.45, 7) is 3.06. The number of aromatic nitrogens is 2. The molecule has 3 N–H and O–H groups in total. The van der Waals surface area contributed by atoms with E-state index in [4.69, 9.17) is 4.74 Å². The maximum Gasteiger partial charge on any atom is 0.252 e. The second kappa shape index (κ2) is 7.16. The lowest BCUT2D eigenvalue weighted by molar-refractivity contribution is -0.126. The van der Waals surface area contributed by atoms with Gasteiger partial charge in [-0.25, -0.2) is 4.98 Å². The second-order valence-corrected chi connectivity index (χ2v) is 5.77. The van der Waals surface area contributed by atoms with Gasteiger partial charge in [-0.15, -0.1) is 0 Å². The van der Waals surface area contributed by atoms with Crippen molar-refractivity contribution in [3.63, 3.8) is 0 Å². The van der Waals surface area contributed by atoms with Crippen LogP contribution in [-0.4, -0.2) is 35.6 Å². The minimum Gasteiger partial charge on any atom is -0.492 e. The van der Waals surface area contributed by atoms with E-state index < -0.39 is 0 Å². The number of rotatable bonds is 5. The molecular weight excluding hydrogens is 308 g/mol. The van der Waals surface area contributed by atoms with Gasteiger partial charge in [0, 0.05) is 24.8 Å². The van der Waals surface area contributed by atoms with Crippen LogP contribution >= 0.6 is 0 Å². The first-order valence-corrected chi connectivity index (χ1v) is 7.92. The molecule has 0 aliphatic carbocycles. The number of hydrogen-bond acceptors (Lipinski definition) is 5.